The minimum absolute atomic E-state index is 0.0527. The van der Waals surface area contributed by atoms with E-state index in [1.807, 2.05) is 21.1 Å². The zero-order chi connectivity index (χ0) is 10.6. The van der Waals surface area contributed by atoms with Gasteiger partial charge < -0.3 is 18.5 Å². The molecule has 0 aromatic carbocycles. The van der Waals surface area contributed by atoms with Crippen molar-refractivity contribution in [2.24, 2.45) is 0 Å². The molecular formula is C9H18NO2P. The third-order valence-corrected chi connectivity index (χ3v) is 1.85. The van der Waals surface area contributed by atoms with Crippen LogP contribution >= 0.6 is 9.47 Å². The van der Waals surface area contributed by atoms with Gasteiger partial charge in [0.25, 0.3) is 0 Å². The summed E-state index contributed by atoms with van der Waals surface area (Å²) in [5, 5.41) is 0. The maximum Gasteiger partial charge on any atom is 0.189 e. The van der Waals surface area contributed by atoms with E-state index < -0.39 is 6.10 Å². The highest BCUT2D eigenvalue weighted by Gasteiger charge is 2.22. The van der Waals surface area contributed by atoms with Gasteiger partial charge in [-0.1, -0.05) is 6.58 Å². The molecule has 76 valence electrons. The maximum absolute atomic E-state index is 11.5. The smallest absolute Gasteiger partial charge is 0.189 e. The van der Waals surface area contributed by atoms with Crippen LogP contribution in [0.1, 0.15) is 6.92 Å². The molecule has 0 heterocycles. The summed E-state index contributed by atoms with van der Waals surface area (Å²) in [6, 6.07) is 0. The van der Waals surface area contributed by atoms with Crippen LogP contribution in [0.3, 0.4) is 0 Å². The molecule has 1 atom stereocenters. The summed E-state index contributed by atoms with van der Waals surface area (Å²) in [4.78, 5) is 11.5. The highest BCUT2D eigenvalue weighted by atomic mass is 31.0. The Balaban J connectivity index is 4.36. The largest absolute Gasteiger partial charge is 0.549 e. The van der Waals surface area contributed by atoms with E-state index in [4.69, 9.17) is 4.52 Å². The predicted octanol–water partition coefficient (Wildman–Crippen LogP) is 1.28. The van der Waals surface area contributed by atoms with Crippen LogP contribution in [0, 0.1) is 0 Å². The summed E-state index contributed by atoms with van der Waals surface area (Å²) in [5.74, 6) is -0.0527. The highest BCUT2D eigenvalue weighted by Crippen LogP contribution is 2.08. The number of likely N-dealkylation sites (N-methyl/N-ethyl adjacent to an activating group) is 1. The van der Waals surface area contributed by atoms with Crippen LogP contribution < -0.4 is 0 Å². The second-order valence-electron chi connectivity index (χ2n) is 4.22. The third kappa shape index (κ3) is 5.14. The van der Waals surface area contributed by atoms with E-state index in [1.165, 1.54) is 0 Å². The lowest BCUT2D eigenvalue weighted by atomic mass is 10.1. The van der Waals surface area contributed by atoms with Gasteiger partial charge >= 0.3 is 0 Å². The molecule has 0 aromatic rings. The quantitative estimate of drug-likeness (QED) is 0.382. The maximum atomic E-state index is 11.5. The third-order valence-electron chi connectivity index (χ3n) is 1.57. The Morgan fingerprint density at radius 2 is 2.00 bits per heavy atom. The summed E-state index contributed by atoms with van der Waals surface area (Å²) in [6.45, 7) is 5.91. The predicted molar refractivity (Wildman–Crippen MR) is 55.9 cm³/mol. The van der Waals surface area contributed by atoms with Crippen LogP contribution in [0.5, 0.6) is 0 Å². The Bertz CT molecular complexity index is 208. The van der Waals surface area contributed by atoms with Gasteiger partial charge in [-0.05, 0) is 12.5 Å². The van der Waals surface area contributed by atoms with Gasteiger partial charge in [0, 0.05) is 0 Å². The van der Waals surface area contributed by atoms with Gasteiger partial charge in [0.05, 0.1) is 21.1 Å². The molecule has 0 aliphatic heterocycles. The monoisotopic (exact) mass is 203 g/mol. The molecule has 0 aromatic heterocycles. The molecule has 13 heavy (non-hydrogen) atoms. The molecule has 0 aliphatic rings. The molecule has 0 saturated heterocycles. The molecule has 0 fully saturated rings. The summed E-state index contributed by atoms with van der Waals surface area (Å²) in [7, 11) is 8.93. The van der Waals surface area contributed by atoms with Crippen LogP contribution in [0.25, 0.3) is 0 Å². The summed E-state index contributed by atoms with van der Waals surface area (Å²) < 4.78 is 5.60. The van der Waals surface area contributed by atoms with Crippen LogP contribution in [0.2, 0.25) is 0 Å². The average molecular weight is 203 g/mol. The Morgan fingerprint density at radius 1 is 1.54 bits per heavy atom. The minimum atomic E-state index is -0.450. The molecule has 0 spiro atoms. The number of hydrogen-bond donors (Lipinski definition) is 0. The van der Waals surface area contributed by atoms with Crippen molar-refractivity contribution >= 4 is 15.2 Å². The van der Waals surface area contributed by atoms with Crippen LogP contribution in [-0.2, 0) is 9.32 Å². The van der Waals surface area contributed by atoms with E-state index in [-0.39, 0.29) is 5.78 Å². The molecule has 0 bridgehead atoms. The van der Waals surface area contributed by atoms with Crippen LogP contribution in [0.4, 0.5) is 0 Å². The Hall–Kier alpha value is -0.240. The second kappa shape index (κ2) is 4.85. The first kappa shape index (κ1) is 12.8. The first-order valence-corrected chi connectivity index (χ1v) is 4.51. The Morgan fingerprint density at radius 3 is 2.23 bits per heavy atom. The fraction of sp³-hybridized carbons (Fsp3) is 0.667. The number of Topliss-reactive ketones (excluding diaryl/α,β-unsaturated/α-hetero) is 1. The number of rotatable bonds is 5. The van der Waals surface area contributed by atoms with E-state index in [9.17, 15) is 4.79 Å². The van der Waals surface area contributed by atoms with Crippen molar-refractivity contribution in [3.8, 4) is 0 Å². The second-order valence-corrected chi connectivity index (χ2v) is 4.46. The molecule has 1 unspecified atom stereocenters. The molecule has 0 saturated carbocycles. The van der Waals surface area contributed by atoms with Crippen molar-refractivity contribution in [3.05, 3.63) is 12.2 Å². The van der Waals surface area contributed by atoms with Gasteiger partial charge in [-0.2, -0.15) is 0 Å². The van der Waals surface area contributed by atoms with Gasteiger partial charge in [-0.3, -0.25) is 4.79 Å². The number of hydrogen-bond acceptors (Lipinski definition) is 2. The van der Waals surface area contributed by atoms with Crippen molar-refractivity contribution in [2.75, 3.05) is 27.7 Å². The molecule has 3 nitrogen and oxygen atoms in total. The van der Waals surface area contributed by atoms with E-state index >= 15 is 0 Å². The highest BCUT2D eigenvalue weighted by molar-refractivity contribution is 7.09. The number of nitrogens with zero attached hydrogens (tertiary/aromatic N) is 1. The van der Waals surface area contributed by atoms with Gasteiger partial charge in [0.1, 0.15) is 12.6 Å². The van der Waals surface area contributed by atoms with Crippen molar-refractivity contribution in [1.82, 2.24) is 0 Å². The first-order valence-electron chi connectivity index (χ1n) is 4.10. The van der Waals surface area contributed by atoms with E-state index in [0.717, 1.165) is 0 Å². The molecule has 0 amide bonds. The van der Waals surface area contributed by atoms with Crippen molar-refractivity contribution in [1.29, 1.82) is 0 Å². The number of ketones is 1. The average Bonchev–Trinajstić information content (AvgIpc) is 1.97. The minimum Gasteiger partial charge on any atom is -0.549 e. The lowest BCUT2D eigenvalue weighted by molar-refractivity contribution is -0.872. The normalized spacial score (nSPS) is 13.9. The van der Waals surface area contributed by atoms with Gasteiger partial charge in [-0.15, -0.1) is 0 Å². The molecule has 0 rings (SSSR count). The SMILES string of the molecule is C=C(C)C(=O)C(C[N+](C)(C)C)O[PH-]. The summed E-state index contributed by atoms with van der Waals surface area (Å²) >= 11 is 0. The number of carbonyl (C=O) groups excluding carboxylic acids is 1. The zero-order valence-electron chi connectivity index (χ0n) is 8.76. The topological polar surface area (TPSA) is 26.3 Å². The summed E-state index contributed by atoms with van der Waals surface area (Å²) in [6.07, 6.45) is -0.450. The van der Waals surface area contributed by atoms with Crippen molar-refractivity contribution in [3.63, 3.8) is 0 Å². The number of quaternary nitrogens is 1. The Kier molecular flexibility index (Phi) is 4.76. The first-order chi connectivity index (χ1) is 5.78. The van der Waals surface area contributed by atoms with E-state index in [2.05, 4.69) is 16.0 Å². The molecule has 0 N–H and O–H groups in total. The van der Waals surface area contributed by atoms with Gasteiger partial charge in [0.15, 0.2) is 5.78 Å². The lowest BCUT2D eigenvalue weighted by Crippen LogP contribution is -2.44. The van der Waals surface area contributed by atoms with E-state index in [1.54, 1.807) is 6.92 Å². The van der Waals surface area contributed by atoms with Crippen LogP contribution in [0.15, 0.2) is 12.2 Å². The lowest BCUT2D eigenvalue weighted by Gasteiger charge is -2.30. The van der Waals surface area contributed by atoms with Gasteiger partial charge in [-0.25, -0.2) is 0 Å². The summed E-state index contributed by atoms with van der Waals surface area (Å²) in [5.41, 5.74) is 0.525. The zero-order valence-corrected chi connectivity index (χ0v) is 9.76. The van der Waals surface area contributed by atoms with E-state index in [0.29, 0.717) is 16.6 Å². The fourth-order valence-corrected chi connectivity index (χ4v) is 1.13. The fourth-order valence-electron chi connectivity index (χ4n) is 0.946. The van der Waals surface area contributed by atoms with Gasteiger partial charge in [0.2, 0.25) is 0 Å². The molecular weight excluding hydrogens is 185 g/mol. The van der Waals surface area contributed by atoms with Crippen molar-refractivity contribution < 1.29 is 13.8 Å². The molecule has 0 aliphatic carbocycles. The molecule has 4 heteroatoms. The Labute approximate surface area is 82.6 Å². The van der Waals surface area contributed by atoms with Crippen LogP contribution in [-0.4, -0.2) is 44.1 Å². The van der Waals surface area contributed by atoms with Crippen molar-refractivity contribution in [2.45, 2.75) is 13.0 Å². The standard InChI is InChI=1S/C9H18NO2P/c1-7(2)9(11)8(12-13)6-10(3,4)5/h8,13H,1,6H2,2-5H3. The molecule has 0 radical (unpaired) electrons. The number of carbonyl (C=O) groups is 1.